The molecule has 1 aromatic rings. The van der Waals surface area contributed by atoms with E-state index in [1.807, 2.05) is 18.7 Å². The fourth-order valence-electron chi connectivity index (χ4n) is 1.92. The molecular formula is C11H16ClN3O2S. The van der Waals surface area contributed by atoms with Gasteiger partial charge in [-0.1, -0.05) is 11.6 Å². The Bertz CT molecular complexity index is 560. The van der Waals surface area contributed by atoms with Gasteiger partial charge in [0.25, 0.3) is 0 Å². The van der Waals surface area contributed by atoms with Crippen molar-refractivity contribution in [3.63, 3.8) is 0 Å². The van der Waals surface area contributed by atoms with Crippen molar-refractivity contribution in [2.45, 2.75) is 20.3 Å². The van der Waals surface area contributed by atoms with Crippen LogP contribution in [0.1, 0.15) is 17.8 Å². The summed E-state index contributed by atoms with van der Waals surface area (Å²) in [5, 5.41) is 0.345. The molecule has 0 aromatic carbocycles. The van der Waals surface area contributed by atoms with Crippen LogP contribution in [0.15, 0.2) is 0 Å². The Kier molecular flexibility index (Phi) is 3.77. The quantitative estimate of drug-likeness (QED) is 0.781. The predicted molar refractivity (Wildman–Crippen MR) is 72.0 cm³/mol. The van der Waals surface area contributed by atoms with Gasteiger partial charge in [0.1, 0.15) is 0 Å². The summed E-state index contributed by atoms with van der Waals surface area (Å²) in [5.74, 6) is 0.981. The van der Waals surface area contributed by atoms with Crippen LogP contribution in [0.2, 0.25) is 5.15 Å². The van der Waals surface area contributed by atoms with E-state index < -0.39 is 9.84 Å². The van der Waals surface area contributed by atoms with Gasteiger partial charge >= 0.3 is 0 Å². The molecule has 0 saturated carbocycles. The number of sulfone groups is 1. The van der Waals surface area contributed by atoms with E-state index in [0.29, 0.717) is 30.5 Å². The van der Waals surface area contributed by atoms with Crippen LogP contribution in [0, 0.1) is 13.8 Å². The molecule has 0 radical (unpaired) electrons. The molecule has 1 fully saturated rings. The molecule has 18 heavy (non-hydrogen) atoms. The van der Waals surface area contributed by atoms with Crippen molar-refractivity contribution >= 4 is 27.3 Å². The minimum atomic E-state index is -2.92. The maximum atomic E-state index is 11.6. The number of hydrogen-bond acceptors (Lipinski definition) is 5. The minimum absolute atomic E-state index is 0.151. The minimum Gasteiger partial charge on any atom is -0.353 e. The number of halogens is 1. The molecule has 1 aliphatic heterocycles. The van der Waals surface area contributed by atoms with Crippen molar-refractivity contribution in [1.29, 1.82) is 0 Å². The van der Waals surface area contributed by atoms with E-state index >= 15 is 0 Å². The van der Waals surface area contributed by atoms with Gasteiger partial charge in [-0.3, -0.25) is 0 Å². The lowest BCUT2D eigenvalue weighted by Crippen LogP contribution is -2.28. The number of rotatable bonds is 1. The Balaban J connectivity index is 2.29. The maximum Gasteiger partial charge on any atom is 0.171 e. The first-order chi connectivity index (χ1) is 8.39. The lowest BCUT2D eigenvalue weighted by atomic mass is 10.3. The Morgan fingerprint density at radius 1 is 1.11 bits per heavy atom. The van der Waals surface area contributed by atoms with Crippen LogP contribution in [0.4, 0.5) is 5.82 Å². The van der Waals surface area contributed by atoms with Crippen LogP contribution in [-0.4, -0.2) is 43.0 Å². The Labute approximate surface area is 112 Å². The zero-order valence-corrected chi connectivity index (χ0v) is 12.1. The van der Waals surface area contributed by atoms with Gasteiger partial charge in [0.2, 0.25) is 0 Å². The topological polar surface area (TPSA) is 63.2 Å². The first kappa shape index (κ1) is 13.5. The SMILES string of the molecule is Cc1nc(Cl)c(N2CCCS(=O)(=O)CC2)nc1C. The summed E-state index contributed by atoms with van der Waals surface area (Å²) in [6.45, 7) is 4.80. The highest BCUT2D eigenvalue weighted by molar-refractivity contribution is 7.91. The molecule has 2 heterocycles. The highest BCUT2D eigenvalue weighted by atomic mass is 35.5. The molecule has 7 heteroatoms. The molecule has 1 aliphatic rings. The number of anilines is 1. The summed E-state index contributed by atoms with van der Waals surface area (Å²) < 4.78 is 23.1. The van der Waals surface area contributed by atoms with Gasteiger partial charge in [-0.05, 0) is 20.3 Å². The first-order valence-electron chi connectivity index (χ1n) is 5.85. The summed E-state index contributed by atoms with van der Waals surface area (Å²) >= 11 is 6.09. The zero-order valence-electron chi connectivity index (χ0n) is 10.5. The lowest BCUT2D eigenvalue weighted by molar-refractivity contribution is 0.597. The molecule has 0 N–H and O–H groups in total. The summed E-state index contributed by atoms with van der Waals surface area (Å²) in [5.41, 5.74) is 1.62. The van der Waals surface area contributed by atoms with E-state index in [0.717, 1.165) is 11.4 Å². The largest absolute Gasteiger partial charge is 0.353 e. The fraction of sp³-hybridized carbons (Fsp3) is 0.636. The van der Waals surface area contributed by atoms with Gasteiger partial charge in [0.15, 0.2) is 20.8 Å². The average Bonchev–Trinajstić information content (AvgIpc) is 2.45. The third kappa shape index (κ3) is 2.92. The van der Waals surface area contributed by atoms with Gasteiger partial charge in [0, 0.05) is 13.1 Å². The molecule has 5 nitrogen and oxygen atoms in total. The summed E-state index contributed by atoms with van der Waals surface area (Å²) in [7, 11) is -2.92. The van der Waals surface area contributed by atoms with Crippen molar-refractivity contribution in [1.82, 2.24) is 9.97 Å². The van der Waals surface area contributed by atoms with E-state index in [1.165, 1.54) is 0 Å². The van der Waals surface area contributed by atoms with E-state index in [9.17, 15) is 8.42 Å². The molecule has 1 aromatic heterocycles. The van der Waals surface area contributed by atoms with Gasteiger partial charge in [-0.25, -0.2) is 18.4 Å². The molecule has 0 spiro atoms. The van der Waals surface area contributed by atoms with E-state index in [4.69, 9.17) is 11.6 Å². The Morgan fingerprint density at radius 3 is 2.50 bits per heavy atom. The monoisotopic (exact) mass is 289 g/mol. The van der Waals surface area contributed by atoms with Gasteiger partial charge in [0.05, 0.1) is 22.9 Å². The Morgan fingerprint density at radius 2 is 1.78 bits per heavy atom. The summed E-state index contributed by atoms with van der Waals surface area (Å²) in [4.78, 5) is 10.6. The third-order valence-corrected chi connectivity index (χ3v) is 5.07. The van der Waals surface area contributed by atoms with Crippen LogP contribution in [0.5, 0.6) is 0 Å². The molecule has 100 valence electrons. The number of aryl methyl sites for hydroxylation is 2. The van der Waals surface area contributed by atoms with Crippen molar-refractivity contribution in [2.75, 3.05) is 29.5 Å². The van der Waals surface area contributed by atoms with Gasteiger partial charge in [-0.15, -0.1) is 0 Å². The molecule has 0 amide bonds. The lowest BCUT2D eigenvalue weighted by Gasteiger charge is -2.22. The second-order valence-electron chi connectivity index (χ2n) is 4.50. The predicted octanol–water partition coefficient (Wildman–Crippen LogP) is 1.37. The van der Waals surface area contributed by atoms with Gasteiger partial charge in [-0.2, -0.15) is 0 Å². The molecule has 2 rings (SSSR count). The number of nitrogens with zero attached hydrogens (tertiary/aromatic N) is 3. The number of aromatic nitrogens is 2. The molecular weight excluding hydrogens is 274 g/mol. The smallest absolute Gasteiger partial charge is 0.171 e. The van der Waals surface area contributed by atoms with Gasteiger partial charge < -0.3 is 4.90 Å². The second-order valence-corrected chi connectivity index (χ2v) is 7.16. The Hall–Kier alpha value is -0.880. The molecule has 0 atom stereocenters. The van der Waals surface area contributed by atoms with E-state index in [2.05, 4.69) is 9.97 Å². The summed E-state index contributed by atoms with van der Waals surface area (Å²) in [6, 6.07) is 0. The van der Waals surface area contributed by atoms with Crippen LogP contribution in [-0.2, 0) is 9.84 Å². The number of hydrogen-bond donors (Lipinski definition) is 0. The summed E-state index contributed by atoms with van der Waals surface area (Å²) in [6.07, 6.45) is 0.604. The first-order valence-corrected chi connectivity index (χ1v) is 8.05. The fourth-order valence-corrected chi connectivity index (χ4v) is 3.48. The standard InChI is InChI=1S/C11H16ClN3O2S/c1-8-9(2)14-11(10(12)13-8)15-4-3-6-18(16,17)7-5-15/h3-7H2,1-2H3. The molecule has 0 unspecified atom stereocenters. The van der Waals surface area contributed by atoms with E-state index in [-0.39, 0.29) is 11.5 Å². The van der Waals surface area contributed by atoms with Crippen molar-refractivity contribution in [3.05, 3.63) is 16.5 Å². The molecule has 0 bridgehead atoms. The van der Waals surface area contributed by atoms with Crippen molar-refractivity contribution < 1.29 is 8.42 Å². The highest BCUT2D eigenvalue weighted by Gasteiger charge is 2.22. The second kappa shape index (κ2) is 5.01. The third-order valence-electron chi connectivity index (χ3n) is 3.10. The van der Waals surface area contributed by atoms with Crippen molar-refractivity contribution in [3.8, 4) is 0 Å². The highest BCUT2D eigenvalue weighted by Crippen LogP contribution is 2.24. The zero-order chi connectivity index (χ0) is 13.3. The molecule has 0 aliphatic carbocycles. The van der Waals surface area contributed by atoms with E-state index in [1.54, 1.807) is 0 Å². The average molecular weight is 290 g/mol. The van der Waals surface area contributed by atoms with Crippen molar-refractivity contribution in [2.24, 2.45) is 0 Å². The maximum absolute atomic E-state index is 11.6. The van der Waals surface area contributed by atoms with Crippen LogP contribution in [0.25, 0.3) is 0 Å². The van der Waals surface area contributed by atoms with Crippen LogP contribution < -0.4 is 4.90 Å². The van der Waals surface area contributed by atoms with Crippen LogP contribution in [0.3, 0.4) is 0 Å². The van der Waals surface area contributed by atoms with Crippen LogP contribution >= 0.6 is 11.6 Å². The molecule has 1 saturated heterocycles. The normalized spacial score (nSPS) is 19.6.